The largest absolute Gasteiger partial charge is 0.484 e. The number of allylic oxidation sites excluding steroid dienone is 1. The molecule has 0 unspecified atom stereocenters. The summed E-state index contributed by atoms with van der Waals surface area (Å²) in [6, 6.07) is 5.77. The molecule has 90 valence electrons. The van der Waals surface area contributed by atoms with Crippen molar-refractivity contribution in [2.45, 2.75) is 12.8 Å². The van der Waals surface area contributed by atoms with Gasteiger partial charge in [0.2, 0.25) is 0 Å². The lowest BCUT2D eigenvalue weighted by atomic mass is 10.0. The van der Waals surface area contributed by atoms with Gasteiger partial charge in [-0.3, -0.25) is 8.32 Å². The Morgan fingerprint density at radius 2 is 2.35 bits per heavy atom. The van der Waals surface area contributed by atoms with Gasteiger partial charge >= 0.3 is 0 Å². The Labute approximate surface area is 114 Å². The van der Waals surface area contributed by atoms with Crippen LogP contribution in [-0.4, -0.2) is 12.5 Å². The highest BCUT2D eigenvalue weighted by atomic mass is 127. The lowest BCUT2D eigenvalue weighted by molar-refractivity contribution is -0.120. The van der Waals surface area contributed by atoms with Gasteiger partial charge in [0.1, 0.15) is 5.75 Å². The molecular formula is C12H13IN2O2. The van der Waals surface area contributed by atoms with E-state index in [9.17, 15) is 4.79 Å². The van der Waals surface area contributed by atoms with Gasteiger partial charge < -0.3 is 10.1 Å². The highest BCUT2D eigenvalue weighted by Gasteiger charge is 2.12. The standard InChI is InChI=1S/C12H13IN2O2/c1-8-2-3-9-6-10(4-5-11(9)14-8)17-7-12(16)15-13/h4-6,14H,1-3,7H2,(H,15,16). The van der Waals surface area contributed by atoms with E-state index in [1.165, 1.54) is 5.56 Å². The lowest BCUT2D eigenvalue weighted by Crippen LogP contribution is -2.20. The van der Waals surface area contributed by atoms with Crippen LogP contribution in [0.3, 0.4) is 0 Å². The molecular weight excluding hydrogens is 331 g/mol. The van der Waals surface area contributed by atoms with Crippen molar-refractivity contribution >= 4 is 34.5 Å². The molecule has 1 aromatic carbocycles. The van der Waals surface area contributed by atoms with Crippen LogP contribution in [0.4, 0.5) is 5.69 Å². The lowest BCUT2D eigenvalue weighted by Gasteiger charge is -2.20. The van der Waals surface area contributed by atoms with Crippen molar-refractivity contribution < 1.29 is 9.53 Å². The second-order valence-corrected chi connectivity index (χ2v) is 4.39. The number of halogens is 1. The van der Waals surface area contributed by atoms with E-state index in [4.69, 9.17) is 4.74 Å². The summed E-state index contributed by atoms with van der Waals surface area (Å²) < 4.78 is 7.87. The molecule has 0 fully saturated rings. The molecule has 4 nitrogen and oxygen atoms in total. The number of fused-ring (bicyclic) bond motifs is 1. The van der Waals surface area contributed by atoms with Crippen LogP contribution >= 0.6 is 22.9 Å². The van der Waals surface area contributed by atoms with Crippen molar-refractivity contribution in [3.05, 3.63) is 36.0 Å². The average molecular weight is 344 g/mol. The topological polar surface area (TPSA) is 50.4 Å². The molecule has 1 aliphatic rings. The van der Waals surface area contributed by atoms with Gasteiger partial charge in [-0.1, -0.05) is 6.58 Å². The summed E-state index contributed by atoms with van der Waals surface area (Å²) in [6.45, 7) is 3.95. The summed E-state index contributed by atoms with van der Waals surface area (Å²) in [5.41, 5.74) is 3.31. The highest BCUT2D eigenvalue weighted by molar-refractivity contribution is 14.1. The summed E-state index contributed by atoms with van der Waals surface area (Å²) in [7, 11) is 0. The summed E-state index contributed by atoms with van der Waals surface area (Å²) in [5.74, 6) is 0.577. The smallest absolute Gasteiger partial charge is 0.266 e. The van der Waals surface area contributed by atoms with Crippen LogP contribution in [0.5, 0.6) is 5.75 Å². The van der Waals surface area contributed by atoms with Crippen LogP contribution in [-0.2, 0) is 11.2 Å². The summed E-state index contributed by atoms with van der Waals surface area (Å²) in [4.78, 5) is 11.0. The number of anilines is 1. The van der Waals surface area contributed by atoms with Crippen molar-refractivity contribution in [1.29, 1.82) is 0 Å². The molecule has 0 bridgehead atoms. The Morgan fingerprint density at radius 1 is 1.53 bits per heavy atom. The van der Waals surface area contributed by atoms with Gasteiger partial charge in [0.15, 0.2) is 6.61 Å². The van der Waals surface area contributed by atoms with Gasteiger partial charge in [0.05, 0.1) is 22.9 Å². The van der Waals surface area contributed by atoms with Crippen LogP contribution in [0.25, 0.3) is 0 Å². The number of hydrogen-bond donors (Lipinski definition) is 2. The second-order valence-electron chi connectivity index (χ2n) is 3.85. The molecule has 0 spiro atoms. The fourth-order valence-electron chi connectivity index (χ4n) is 1.70. The van der Waals surface area contributed by atoms with Gasteiger partial charge in [0, 0.05) is 11.4 Å². The SMILES string of the molecule is C=C1CCc2cc(OCC(=O)NI)ccc2N1. The fourth-order valence-corrected chi connectivity index (χ4v) is 1.86. The highest BCUT2D eigenvalue weighted by Crippen LogP contribution is 2.29. The molecule has 0 saturated heterocycles. The summed E-state index contributed by atoms with van der Waals surface area (Å²) in [6.07, 6.45) is 1.89. The second kappa shape index (κ2) is 5.39. The van der Waals surface area contributed by atoms with E-state index >= 15 is 0 Å². The van der Waals surface area contributed by atoms with E-state index in [1.807, 2.05) is 18.2 Å². The van der Waals surface area contributed by atoms with E-state index in [0.29, 0.717) is 0 Å². The van der Waals surface area contributed by atoms with Crippen LogP contribution in [0.2, 0.25) is 0 Å². The maximum Gasteiger partial charge on any atom is 0.266 e. The van der Waals surface area contributed by atoms with Gasteiger partial charge in [-0.2, -0.15) is 0 Å². The Bertz CT molecular complexity index is 460. The quantitative estimate of drug-likeness (QED) is 0.654. The summed E-state index contributed by atoms with van der Waals surface area (Å²) in [5, 5.41) is 3.23. The van der Waals surface area contributed by atoms with E-state index < -0.39 is 0 Å². The molecule has 2 rings (SSSR count). The van der Waals surface area contributed by atoms with Gasteiger partial charge in [-0.25, -0.2) is 0 Å². The predicted octanol–water partition coefficient (Wildman–Crippen LogP) is 2.40. The van der Waals surface area contributed by atoms with Gasteiger partial charge in [-0.05, 0) is 36.6 Å². The van der Waals surface area contributed by atoms with Gasteiger partial charge in [0.25, 0.3) is 5.91 Å². The zero-order valence-corrected chi connectivity index (χ0v) is 11.4. The first-order valence-corrected chi connectivity index (χ1v) is 6.37. The number of benzene rings is 1. The molecule has 1 heterocycles. The normalized spacial score (nSPS) is 13.6. The molecule has 0 saturated carbocycles. The molecule has 1 amide bonds. The average Bonchev–Trinajstić information content (AvgIpc) is 2.35. The number of nitrogens with one attached hydrogen (secondary N) is 2. The first-order chi connectivity index (χ1) is 8.19. The number of hydrogen-bond acceptors (Lipinski definition) is 3. The first-order valence-electron chi connectivity index (χ1n) is 5.29. The first kappa shape index (κ1) is 12.2. The molecule has 1 aliphatic heterocycles. The third-order valence-electron chi connectivity index (χ3n) is 2.56. The van der Waals surface area contributed by atoms with Crippen molar-refractivity contribution in [2.75, 3.05) is 11.9 Å². The van der Waals surface area contributed by atoms with Crippen molar-refractivity contribution in [1.82, 2.24) is 3.53 Å². The Hall–Kier alpha value is -1.24. The molecule has 0 aromatic heterocycles. The third kappa shape index (κ3) is 3.12. The number of aryl methyl sites for hydroxylation is 1. The molecule has 0 aliphatic carbocycles. The third-order valence-corrected chi connectivity index (χ3v) is 3.16. The van der Waals surface area contributed by atoms with Crippen molar-refractivity contribution in [3.63, 3.8) is 0 Å². The monoisotopic (exact) mass is 344 g/mol. The molecule has 0 radical (unpaired) electrons. The zero-order valence-electron chi connectivity index (χ0n) is 9.25. The van der Waals surface area contributed by atoms with Crippen LogP contribution < -0.4 is 13.6 Å². The number of carbonyl (C=O) groups is 1. The van der Waals surface area contributed by atoms with E-state index in [1.54, 1.807) is 22.9 Å². The van der Waals surface area contributed by atoms with Crippen LogP contribution in [0.15, 0.2) is 30.5 Å². The summed E-state index contributed by atoms with van der Waals surface area (Å²) >= 11 is 1.79. The zero-order chi connectivity index (χ0) is 12.3. The van der Waals surface area contributed by atoms with Crippen LogP contribution in [0.1, 0.15) is 12.0 Å². The minimum atomic E-state index is -0.144. The maximum atomic E-state index is 11.0. The van der Waals surface area contributed by atoms with Crippen molar-refractivity contribution in [3.8, 4) is 5.75 Å². The number of amides is 1. The minimum absolute atomic E-state index is 0.0435. The number of ether oxygens (including phenoxy) is 1. The van der Waals surface area contributed by atoms with Gasteiger partial charge in [-0.15, -0.1) is 0 Å². The van der Waals surface area contributed by atoms with E-state index in [0.717, 1.165) is 30.0 Å². The Balaban J connectivity index is 2.06. The molecule has 1 aromatic rings. The van der Waals surface area contributed by atoms with E-state index in [2.05, 4.69) is 15.4 Å². The molecule has 5 heteroatoms. The fraction of sp³-hybridized carbons (Fsp3) is 0.250. The van der Waals surface area contributed by atoms with Crippen LogP contribution in [0, 0.1) is 0 Å². The van der Waals surface area contributed by atoms with E-state index in [-0.39, 0.29) is 12.5 Å². The molecule has 17 heavy (non-hydrogen) atoms. The number of carbonyl (C=O) groups excluding carboxylic acids is 1. The maximum absolute atomic E-state index is 11.0. The van der Waals surface area contributed by atoms with Crippen molar-refractivity contribution in [2.24, 2.45) is 0 Å². The molecule has 2 N–H and O–H groups in total. The Morgan fingerprint density at radius 3 is 3.12 bits per heavy atom. The minimum Gasteiger partial charge on any atom is -0.484 e. The Kier molecular flexibility index (Phi) is 3.88. The molecule has 0 atom stereocenters. The number of rotatable bonds is 3. The predicted molar refractivity (Wildman–Crippen MR) is 75.2 cm³/mol.